The lowest BCUT2D eigenvalue weighted by Gasteiger charge is -2.31. The molecule has 1 saturated carbocycles. The first-order valence-corrected chi connectivity index (χ1v) is 7.60. The molecule has 0 aromatic heterocycles. The summed E-state index contributed by atoms with van der Waals surface area (Å²) in [6, 6.07) is 5.80. The van der Waals surface area contributed by atoms with Crippen LogP contribution in [0.15, 0.2) is 29.2 Å². The van der Waals surface area contributed by atoms with Crippen LogP contribution in [-0.2, 0) is 14.3 Å². The standard InChI is InChI=1S/C13H16F2O3S/c1-10-5-7-11(8-6-10)19(16,17)18-13(15)9-3-2-4-12(13)14/h5-8,12H,2-4,9H2,1H3. The zero-order valence-electron chi connectivity index (χ0n) is 10.6. The Balaban J connectivity index is 2.23. The first-order valence-electron chi connectivity index (χ1n) is 6.19. The van der Waals surface area contributed by atoms with Crippen molar-refractivity contribution in [2.24, 2.45) is 0 Å². The molecule has 0 spiro atoms. The Labute approximate surface area is 111 Å². The Morgan fingerprint density at radius 1 is 1.26 bits per heavy atom. The maximum Gasteiger partial charge on any atom is 0.300 e. The van der Waals surface area contributed by atoms with Gasteiger partial charge >= 0.3 is 0 Å². The number of aryl methyl sites for hydroxylation is 1. The van der Waals surface area contributed by atoms with Gasteiger partial charge in [-0.05, 0) is 31.9 Å². The van der Waals surface area contributed by atoms with Gasteiger partial charge in [0.05, 0.1) is 4.90 Å². The van der Waals surface area contributed by atoms with E-state index in [9.17, 15) is 17.2 Å². The van der Waals surface area contributed by atoms with Crippen LogP contribution in [0.25, 0.3) is 0 Å². The van der Waals surface area contributed by atoms with Crippen molar-refractivity contribution in [3.63, 3.8) is 0 Å². The van der Waals surface area contributed by atoms with Crippen molar-refractivity contribution >= 4 is 10.1 Å². The van der Waals surface area contributed by atoms with Crippen molar-refractivity contribution < 1.29 is 21.4 Å². The average Bonchev–Trinajstić information content (AvgIpc) is 2.33. The summed E-state index contributed by atoms with van der Waals surface area (Å²) in [6.45, 7) is 1.80. The maximum absolute atomic E-state index is 14.3. The summed E-state index contributed by atoms with van der Waals surface area (Å²) in [4.78, 5) is -0.159. The predicted octanol–water partition coefficient (Wildman–Crippen LogP) is 3.28. The highest BCUT2D eigenvalue weighted by Gasteiger charge is 2.46. The fourth-order valence-corrected chi connectivity index (χ4v) is 3.21. The fourth-order valence-electron chi connectivity index (χ4n) is 2.09. The van der Waals surface area contributed by atoms with Crippen LogP contribution < -0.4 is 0 Å². The lowest BCUT2D eigenvalue weighted by atomic mass is 9.94. The van der Waals surface area contributed by atoms with E-state index >= 15 is 0 Å². The Kier molecular flexibility index (Phi) is 3.92. The first kappa shape index (κ1) is 14.4. The van der Waals surface area contributed by atoms with Crippen LogP contribution in [0, 0.1) is 6.92 Å². The molecule has 1 aliphatic rings. The van der Waals surface area contributed by atoms with Gasteiger partial charge in [0.25, 0.3) is 16.0 Å². The van der Waals surface area contributed by atoms with E-state index in [1.165, 1.54) is 12.1 Å². The van der Waals surface area contributed by atoms with E-state index in [0.717, 1.165) is 5.56 Å². The number of alkyl halides is 2. The van der Waals surface area contributed by atoms with Gasteiger partial charge in [-0.3, -0.25) is 0 Å². The lowest BCUT2D eigenvalue weighted by molar-refractivity contribution is -0.137. The molecule has 0 N–H and O–H groups in total. The molecule has 0 saturated heterocycles. The van der Waals surface area contributed by atoms with Crippen molar-refractivity contribution in [1.29, 1.82) is 0 Å². The third kappa shape index (κ3) is 3.12. The number of benzene rings is 1. The summed E-state index contributed by atoms with van der Waals surface area (Å²) in [5.41, 5.74) is 0.870. The van der Waals surface area contributed by atoms with Gasteiger partial charge in [0.1, 0.15) is 0 Å². The van der Waals surface area contributed by atoms with Gasteiger partial charge in [0, 0.05) is 6.42 Å². The zero-order chi connectivity index (χ0) is 14.1. The van der Waals surface area contributed by atoms with Gasteiger partial charge in [-0.2, -0.15) is 8.42 Å². The molecule has 0 radical (unpaired) electrons. The number of hydrogen-bond donors (Lipinski definition) is 0. The van der Waals surface area contributed by atoms with E-state index in [2.05, 4.69) is 4.18 Å². The van der Waals surface area contributed by atoms with E-state index < -0.39 is 22.1 Å². The van der Waals surface area contributed by atoms with Crippen LogP contribution in [0.2, 0.25) is 0 Å². The van der Waals surface area contributed by atoms with Gasteiger partial charge in [0.15, 0.2) is 6.17 Å². The summed E-state index contributed by atoms with van der Waals surface area (Å²) in [6.07, 6.45) is -1.19. The Bertz CT molecular complexity index is 542. The highest BCUT2D eigenvalue weighted by Crippen LogP contribution is 2.37. The summed E-state index contributed by atoms with van der Waals surface area (Å²) in [5.74, 6) is -2.73. The van der Waals surface area contributed by atoms with Crippen molar-refractivity contribution in [2.75, 3.05) is 0 Å². The van der Waals surface area contributed by atoms with Crippen molar-refractivity contribution in [1.82, 2.24) is 0 Å². The van der Waals surface area contributed by atoms with Crippen LogP contribution in [0.4, 0.5) is 8.78 Å². The predicted molar refractivity (Wildman–Crippen MR) is 66.7 cm³/mol. The molecule has 1 aromatic carbocycles. The molecular weight excluding hydrogens is 274 g/mol. The Hall–Kier alpha value is -1.01. The first-order chi connectivity index (χ1) is 8.83. The Morgan fingerprint density at radius 3 is 2.47 bits per heavy atom. The average molecular weight is 290 g/mol. The van der Waals surface area contributed by atoms with Gasteiger partial charge in [-0.1, -0.05) is 24.1 Å². The monoisotopic (exact) mass is 290 g/mol. The quantitative estimate of drug-likeness (QED) is 0.802. The maximum atomic E-state index is 14.3. The van der Waals surface area contributed by atoms with E-state index in [1.807, 2.05) is 0 Å². The molecule has 0 bridgehead atoms. The molecule has 2 rings (SSSR count). The van der Waals surface area contributed by atoms with E-state index in [-0.39, 0.29) is 17.7 Å². The minimum Gasteiger partial charge on any atom is -0.241 e. The normalized spacial score (nSPS) is 28.3. The molecule has 1 fully saturated rings. The highest BCUT2D eigenvalue weighted by atomic mass is 32.2. The lowest BCUT2D eigenvalue weighted by Crippen LogP contribution is -2.42. The van der Waals surface area contributed by atoms with Gasteiger partial charge < -0.3 is 0 Å². The minimum absolute atomic E-state index is 0.0140. The molecule has 0 amide bonds. The van der Waals surface area contributed by atoms with Gasteiger partial charge in [-0.15, -0.1) is 0 Å². The van der Waals surface area contributed by atoms with Crippen LogP contribution in [-0.4, -0.2) is 20.4 Å². The van der Waals surface area contributed by atoms with Crippen molar-refractivity contribution in [2.45, 2.75) is 49.5 Å². The Morgan fingerprint density at radius 2 is 1.89 bits per heavy atom. The largest absolute Gasteiger partial charge is 0.300 e. The second kappa shape index (κ2) is 5.17. The minimum atomic E-state index is -4.28. The fraction of sp³-hybridized carbons (Fsp3) is 0.538. The van der Waals surface area contributed by atoms with Crippen LogP contribution in [0.1, 0.15) is 31.2 Å². The molecule has 6 heteroatoms. The summed E-state index contributed by atoms with van der Waals surface area (Å²) < 4.78 is 56.2. The van der Waals surface area contributed by atoms with E-state index in [1.54, 1.807) is 19.1 Å². The molecule has 106 valence electrons. The van der Waals surface area contributed by atoms with Crippen LogP contribution in [0.5, 0.6) is 0 Å². The number of rotatable bonds is 3. The smallest absolute Gasteiger partial charge is 0.241 e. The molecule has 0 heterocycles. The van der Waals surface area contributed by atoms with Crippen molar-refractivity contribution in [3.05, 3.63) is 29.8 Å². The van der Waals surface area contributed by atoms with E-state index in [0.29, 0.717) is 12.8 Å². The third-order valence-electron chi connectivity index (χ3n) is 3.25. The summed E-state index contributed by atoms with van der Waals surface area (Å²) in [5, 5.41) is 0. The van der Waals surface area contributed by atoms with Crippen LogP contribution >= 0.6 is 0 Å². The molecule has 0 aliphatic heterocycles. The molecule has 3 nitrogen and oxygen atoms in total. The molecule has 2 unspecified atom stereocenters. The van der Waals surface area contributed by atoms with Crippen LogP contribution in [0.3, 0.4) is 0 Å². The molecule has 19 heavy (non-hydrogen) atoms. The second-order valence-corrected chi connectivity index (χ2v) is 6.40. The van der Waals surface area contributed by atoms with Gasteiger partial charge in [0.2, 0.25) is 0 Å². The summed E-state index contributed by atoms with van der Waals surface area (Å²) >= 11 is 0. The van der Waals surface area contributed by atoms with E-state index in [4.69, 9.17) is 0 Å². The molecule has 1 aliphatic carbocycles. The number of hydrogen-bond acceptors (Lipinski definition) is 3. The highest BCUT2D eigenvalue weighted by molar-refractivity contribution is 7.86. The zero-order valence-corrected chi connectivity index (χ0v) is 11.4. The topological polar surface area (TPSA) is 43.4 Å². The van der Waals surface area contributed by atoms with Gasteiger partial charge in [-0.25, -0.2) is 13.0 Å². The summed E-state index contributed by atoms with van der Waals surface area (Å²) in [7, 11) is -4.28. The molecule has 2 atom stereocenters. The molecule has 1 aromatic rings. The van der Waals surface area contributed by atoms with Crippen molar-refractivity contribution in [3.8, 4) is 0 Å². The molecular formula is C13H16F2O3S. The third-order valence-corrected chi connectivity index (χ3v) is 4.60. The second-order valence-electron chi connectivity index (χ2n) is 4.85. The SMILES string of the molecule is Cc1ccc(S(=O)(=O)OC2(F)CCCCC2F)cc1. The number of halogens is 2.